The van der Waals surface area contributed by atoms with Crippen molar-refractivity contribution < 1.29 is 13.7 Å². The van der Waals surface area contributed by atoms with Crippen molar-refractivity contribution in [3.63, 3.8) is 0 Å². The van der Waals surface area contributed by atoms with Gasteiger partial charge in [0.05, 0.1) is 17.1 Å². The first-order chi connectivity index (χ1) is 5.11. The highest BCUT2D eigenvalue weighted by Crippen LogP contribution is 2.13. The molecule has 0 saturated heterocycles. The summed E-state index contributed by atoms with van der Waals surface area (Å²) in [6, 6.07) is 3.04. The Hall–Kier alpha value is -1.52. The minimum Gasteiger partial charge on any atom is -0.258 e. The molecule has 0 amide bonds. The topological polar surface area (TPSA) is 43.1 Å². The highest BCUT2D eigenvalue weighted by molar-refractivity contribution is 5.28. The van der Waals surface area contributed by atoms with E-state index < -0.39 is 22.2 Å². The van der Waals surface area contributed by atoms with Crippen LogP contribution in [0.15, 0.2) is 12.1 Å². The predicted octanol–water partition coefficient (Wildman–Crippen LogP) is 1.67. The zero-order valence-electron chi connectivity index (χ0n) is 5.17. The van der Waals surface area contributed by atoms with Gasteiger partial charge in [0.25, 0.3) is 5.69 Å². The molecule has 11 heavy (non-hydrogen) atoms. The van der Waals surface area contributed by atoms with Gasteiger partial charge < -0.3 is 0 Å². The summed E-state index contributed by atoms with van der Waals surface area (Å²) in [6.45, 7) is 0. The number of nitro groups is 1. The van der Waals surface area contributed by atoms with Crippen LogP contribution in [0.2, 0.25) is 0 Å². The van der Waals surface area contributed by atoms with E-state index in [4.69, 9.17) is 0 Å². The van der Waals surface area contributed by atoms with Crippen LogP contribution in [0.3, 0.4) is 0 Å². The Balaban J connectivity index is 3.15. The van der Waals surface area contributed by atoms with Gasteiger partial charge in [-0.25, -0.2) is 8.78 Å². The minimum absolute atomic E-state index is 0.481. The number of nitro benzene ring substituents is 1. The molecule has 5 heteroatoms. The Morgan fingerprint density at radius 2 is 2.09 bits per heavy atom. The van der Waals surface area contributed by atoms with Crippen LogP contribution in [-0.4, -0.2) is 4.92 Å². The van der Waals surface area contributed by atoms with E-state index in [1.807, 2.05) is 6.07 Å². The lowest BCUT2D eigenvalue weighted by Gasteiger charge is -1.90. The molecule has 0 fully saturated rings. The maximum atomic E-state index is 12.2. The van der Waals surface area contributed by atoms with Gasteiger partial charge in [0.2, 0.25) is 0 Å². The monoisotopic (exact) mass is 158 g/mol. The Morgan fingerprint density at radius 3 is 2.55 bits per heavy atom. The molecule has 0 aliphatic rings. The van der Waals surface area contributed by atoms with Crippen molar-refractivity contribution in [1.82, 2.24) is 0 Å². The molecule has 0 aliphatic heterocycles. The number of non-ortho nitro benzene ring substituents is 1. The first-order valence-corrected chi connectivity index (χ1v) is 2.62. The van der Waals surface area contributed by atoms with Crippen molar-refractivity contribution in [2.75, 3.05) is 0 Å². The summed E-state index contributed by atoms with van der Waals surface area (Å²) in [7, 11) is 0. The van der Waals surface area contributed by atoms with E-state index in [-0.39, 0.29) is 0 Å². The fourth-order valence-corrected chi connectivity index (χ4v) is 0.542. The third-order valence-corrected chi connectivity index (χ3v) is 1.04. The van der Waals surface area contributed by atoms with E-state index in [1.54, 1.807) is 0 Å². The number of hydrogen-bond acceptors (Lipinski definition) is 2. The summed E-state index contributed by atoms with van der Waals surface area (Å²) in [4.78, 5) is 9.10. The van der Waals surface area contributed by atoms with Gasteiger partial charge in [-0.3, -0.25) is 10.1 Å². The van der Waals surface area contributed by atoms with Crippen LogP contribution in [0.5, 0.6) is 0 Å². The summed E-state index contributed by atoms with van der Waals surface area (Å²) in [6.07, 6.45) is 0. The second-order valence-electron chi connectivity index (χ2n) is 1.77. The van der Waals surface area contributed by atoms with Gasteiger partial charge in [-0.15, -0.1) is 0 Å². The van der Waals surface area contributed by atoms with Gasteiger partial charge in [-0.2, -0.15) is 0 Å². The molecule has 0 aliphatic carbocycles. The molecular weight excluding hydrogens is 156 g/mol. The summed E-state index contributed by atoms with van der Waals surface area (Å²) in [5, 5.41) is 9.95. The number of halogens is 2. The van der Waals surface area contributed by atoms with Crippen molar-refractivity contribution in [3.05, 3.63) is 39.9 Å². The average Bonchev–Trinajstić information content (AvgIpc) is 1.94. The van der Waals surface area contributed by atoms with Crippen molar-refractivity contribution in [3.8, 4) is 0 Å². The summed E-state index contributed by atoms with van der Waals surface area (Å²) in [5.74, 6) is -2.38. The highest BCUT2D eigenvalue weighted by atomic mass is 19.2. The van der Waals surface area contributed by atoms with Crippen LogP contribution in [-0.2, 0) is 0 Å². The first-order valence-electron chi connectivity index (χ1n) is 2.62. The number of hydrogen-bond donors (Lipinski definition) is 0. The van der Waals surface area contributed by atoms with Gasteiger partial charge in [-0.1, -0.05) is 0 Å². The van der Waals surface area contributed by atoms with Gasteiger partial charge in [0.15, 0.2) is 11.6 Å². The van der Waals surface area contributed by atoms with Crippen molar-refractivity contribution in [2.45, 2.75) is 0 Å². The van der Waals surface area contributed by atoms with E-state index >= 15 is 0 Å². The molecule has 0 heterocycles. The molecular formula is C6H2F2NO2. The molecule has 1 aromatic carbocycles. The Morgan fingerprint density at radius 1 is 1.45 bits per heavy atom. The van der Waals surface area contributed by atoms with E-state index in [0.717, 1.165) is 0 Å². The summed E-state index contributed by atoms with van der Waals surface area (Å²) >= 11 is 0. The van der Waals surface area contributed by atoms with Crippen LogP contribution >= 0.6 is 0 Å². The largest absolute Gasteiger partial charge is 0.280 e. The molecule has 0 bridgehead atoms. The lowest BCUT2D eigenvalue weighted by Crippen LogP contribution is -1.90. The standard InChI is InChI=1S/C6H2F2NO2/c7-5-2-1-4(9(10)11)3-6(5)8/h2-3H. The molecule has 57 valence electrons. The maximum Gasteiger partial charge on any atom is 0.280 e. The maximum absolute atomic E-state index is 12.2. The quantitative estimate of drug-likeness (QED) is 0.460. The molecule has 1 aromatic rings. The normalized spacial score (nSPS) is 9.64. The molecule has 0 atom stereocenters. The Kier molecular flexibility index (Phi) is 1.80. The number of benzene rings is 1. The molecule has 0 unspecified atom stereocenters. The highest BCUT2D eigenvalue weighted by Gasteiger charge is 2.09. The van der Waals surface area contributed by atoms with Crippen LogP contribution in [0, 0.1) is 27.8 Å². The van der Waals surface area contributed by atoms with Crippen LogP contribution in [0.25, 0.3) is 0 Å². The fraction of sp³-hybridized carbons (Fsp3) is 0. The summed E-state index contributed by atoms with van der Waals surface area (Å²) in [5.41, 5.74) is -0.580. The third kappa shape index (κ3) is 1.49. The minimum atomic E-state index is -1.24. The summed E-state index contributed by atoms with van der Waals surface area (Å²) < 4.78 is 24.4. The van der Waals surface area contributed by atoms with Crippen molar-refractivity contribution >= 4 is 5.69 Å². The molecule has 3 nitrogen and oxygen atoms in total. The van der Waals surface area contributed by atoms with E-state index in [2.05, 4.69) is 0 Å². The first kappa shape index (κ1) is 7.59. The van der Waals surface area contributed by atoms with E-state index in [1.165, 1.54) is 0 Å². The van der Waals surface area contributed by atoms with Crippen molar-refractivity contribution in [2.24, 2.45) is 0 Å². The zero-order valence-corrected chi connectivity index (χ0v) is 5.17. The van der Waals surface area contributed by atoms with Crippen LogP contribution in [0.4, 0.5) is 14.5 Å². The second-order valence-corrected chi connectivity index (χ2v) is 1.77. The van der Waals surface area contributed by atoms with Gasteiger partial charge in [0.1, 0.15) is 0 Å². The lowest BCUT2D eigenvalue weighted by molar-refractivity contribution is -0.385. The predicted molar refractivity (Wildman–Crippen MR) is 31.8 cm³/mol. The van der Waals surface area contributed by atoms with Gasteiger partial charge in [-0.05, 0) is 6.07 Å². The zero-order chi connectivity index (χ0) is 8.43. The second kappa shape index (κ2) is 2.61. The molecule has 0 saturated carbocycles. The average molecular weight is 158 g/mol. The Bertz CT molecular complexity index is 301. The molecule has 1 rings (SSSR count). The molecule has 0 spiro atoms. The van der Waals surface area contributed by atoms with Crippen LogP contribution < -0.4 is 0 Å². The third-order valence-electron chi connectivity index (χ3n) is 1.04. The van der Waals surface area contributed by atoms with Crippen molar-refractivity contribution in [1.29, 1.82) is 0 Å². The van der Waals surface area contributed by atoms with E-state index in [9.17, 15) is 18.9 Å². The smallest absolute Gasteiger partial charge is 0.258 e. The molecule has 0 aromatic heterocycles. The Labute approximate surface area is 60.4 Å². The number of nitrogens with zero attached hydrogens (tertiary/aromatic N) is 1. The SMILES string of the molecule is O=[N+]([O-])c1[c]cc(F)c(F)c1. The lowest BCUT2D eigenvalue weighted by atomic mass is 10.3. The van der Waals surface area contributed by atoms with Gasteiger partial charge >= 0.3 is 0 Å². The fourth-order valence-electron chi connectivity index (χ4n) is 0.542. The molecule has 0 N–H and O–H groups in total. The number of rotatable bonds is 1. The molecule has 1 radical (unpaired) electrons. The van der Waals surface area contributed by atoms with Gasteiger partial charge in [0, 0.05) is 0 Å². The van der Waals surface area contributed by atoms with Crippen LogP contribution in [0.1, 0.15) is 0 Å². The van der Waals surface area contributed by atoms with E-state index in [0.29, 0.717) is 12.1 Å².